The Labute approximate surface area is 157 Å². The van der Waals surface area contributed by atoms with Crippen molar-refractivity contribution in [2.45, 2.75) is 0 Å². The normalized spacial score (nSPS) is 14.2. The highest BCUT2D eigenvalue weighted by atomic mass is 16.5. The van der Waals surface area contributed by atoms with Gasteiger partial charge in [-0.1, -0.05) is 18.2 Å². The third kappa shape index (κ3) is 3.44. The lowest BCUT2D eigenvalue weighted by atomic mass is 10.0. The van der Waals surface area contributed by atoms with Crippen molar-refractivity contribution in [2.24, 2.45) is 0 Å². The molecule has 1 saturated heterocycles. The summed E-state index contributed by atoms with van der Waals surface area (Å²) in [4.78, 5) is 19.1. The molecule has 1 amide bonds. The summed E-state index contributed by atoms with van der Waals surface area (Å²) in [5, 5.41) is 4.94. The van der Waals surface area contributed by atoms with Crippen LogP contribution in [-0.4, -0.2) is 44.3 Å². The fourth-order valence-electron chi connectivity index (χ4n) is 3.39. The molecule has 1 aromatic heterocycles. The zero-order chi connectivity index (χ0) is 18.6. The van der Waals surface area contributed by atoms with Crippen LogP contribution in [-0.2, 0) is 4.74 Å². The molecular weight excluding hydrogens is 342 g/mol. The standard InChI is InChI=1S/C21H21N3O3/c1-26-19-9-8-18(24-11-13-27-14-12-24)20-15(19)5-4-7-16(20)23-21(25)17-6-2-3-10-22-17/h2-10H,11-14H2,1H3,(H,23,25). The summed E-state index contributed by atoms with van der Waals surface area (Å²) in [6, 6.07) is 15.1. The van der Waals surface area contributed by atoms with E-state index in [2.05, 4.69) is 15.2 Å². The van der Waals surface area contributed by atoms with E-state index in [0.717, 1.165) is 41.0 Å². The van der Waals surface area contributed by atoms with Gasteiger partial charge < -0.3 is 19.7 Å². The van der Waals surface area contributed by atoms with Gasteiger partial charge in [0.2, 0.25) is 0 Å². The van der Waals surface area contributed by atoms with E-state index in [1.54, 1.807) is 31.5 Å². The molecule has 6 nitrogen and oxygen atoms in total. The van der Waals surface area contributed by atoms with E-state index in [1.165, 1.54) is 0 Å². The summed E-state index contributed by atoms with van der Waals surface area (Å²) in [6.45, 7) is 3.00. The van der Waals surface area contributed by atoms with Gasteiger partial charge in [0.25, 0.3) is 5.91 Å². The quantitative estimate of drug-likeness (QED) is 0.770. The number of carbonyl (C=O) groups excluding carboxylic acids is 1. The number of pyridine rings is 1. The highest BCUT2D eigenvalue weighted by molar-refractivity contribution is 6.13. The van der Waals surface area contributed by atoms with E-state index >= 15 is 0 Å². The van der Waals surface area contributed by atoms with E-state index in [-0.39, 0.29) is 5.91 Å². The Morgan fingerprint density at radius 2 is 1.96 bits per heavy atom. The number of ether oxygens (including phenoxy) is 2. The molecule has 27 heavy (non-hydrogen) atoms. The number of benzene rings is 2. The molecule has 6 heteroatoms. The van der Waals surface area contributed by atoms with E-state index in [4.69, 9.17) is 9.47 Å². The minimum atomic E-state index is -0.237. The number of anilines is 2. The molecule has 0 radical (unpaired) electrons. The van der Waals surface area contributed by atoms with Gasteiger partial charge in [0.15, 0.2) is 0 Å². The van der Waals surface area contributed by atoms with Crippen molar-refractivity contribution >= 4 is 28.1 Å². The number of aromatic nitrogens is 1. The summed E-state index contributed by atoms with van der Waals surface area (Å²) in [5.74, 6) is 0.537. The largest absolute Gasteiger partial charge is 0.496 e. The lowest BCUT2D eigenvalue weighted by molar-refractivity contribution is 0.102. The topological polar surface area (TPSA) is 63.7 Å². The zero-order valence-electron chi connectivity index (χ0n) is 15.1. The van der Waals surface area contributed by atoms with E-state index < -0.39 is 0 Å². The monoisotopic (exact) mass is 363 g/mol. The van der Waals surface area contributed by atoms with Crippen LogP contribution in [0.1, 0.15) is 10.5 Å². The summed E-state index contributed by atoms with van der Waals surface area (Å²) in [5.41, 5.74) is 2.18. The molecule has 1 aliphatic heterocycles. The lowest BCUT2D eigenvalue weighted by Crippen LogP contribution is -2.36. The van der Waals surface area contributed by atoms with Crippen molar-refractivity contribution in [3.8, 4) is 5.75 Å². The Morgan fingerprint density at radius 1 is 1.11 bits per heavy atom. The van der Waals surface area contributed by atoms with Gasteiger partial charge in [-0.05, 0) is 30.3 Å². The fraction of sp³-hybridized carbons (Fsp3) is 0.238. The highest BCUT2D eigenvalue weighted by Gasteiger charge is 2.19. The number of carbonyl (C=O) groups is 1. The van der Waals surface area contributed by atoms with E-state index in [0.29, 0.717) is 18.9 Å². The van der Waals surface area contributed by atoms with Crippen LogP contribution >= 0.6 is 0 Å². The molecule has 4 rings (SSSR count). The molecule has 0 atom stereocenters. The van der Waals surface area contributed by atoms with Gasteiger partial charge in [0, 0.05) is 35.7 Å². The van der Waals surface area contributed by atoms with Gasteiger partial charge in [-0.15, -0.1) is 0 Å². The lowest BCUT2D eigenvalue weighted by Gasteiger charge is -2.30. The number of rotatable bonds is 4. The Kier molecular flexibility index (Phi) is 4.89. The van der Waals surface area contributed by atoms with Crippen LogP contribution < -0.4 is 15.0 Å². The maximum absolute atomic E-state index is 12.7. The van der Waals surface area contributed by atoms with Crippen LogP contribution in [0.25, 0.3) is 10.8 Å². The SMILES string of the molecule is COc1ccc(N2CCOCC2)c2c(NC(=O)c3ccccn3)cccc12. The van der Waals surface area contributed by atoms with E-state index in [1.807, 2.05) is 30.3 Å². The molecule has 0 unspecified atom stereocenters. The van der Waals surface area contributed by atoms with Crippen molar-refractivity contribution in [1.82, 2.24) is 4.98 Å². The minimum absolute atomic E-state index is 0.237. The number of fused-ring (bicyclic) bond motifs is 1. The van der Waals surface area contributed by atoms with Gasteiger partial charge in [-0.2, -0.15) is 0 Å². The number of methoxy groups -OCH3 is 1. The second-order valence-electron chi connectivity index (χ2n) is 6.28. The maximum Gasteiger partial charge on any atom is 0.274 e. The molecule has 0 aliphatic carbocycles. The highest BCUT2D eigenvalue weighted by Crippen LogP contribution is 2.38. The molecule has 0 bridgehead atoms. The van der Waals surface area contributed by atoms with Gasteiger partial charge in [0.05, 0.1) is 26.0 Å². The van der Waals surface area contributed by atoms with Gasteiger partial charge in [-0.3, -0.25) is 9.78 Å². The summed E-state index contributed by atoms with van der Waals surface area (Å²) in [7, 11) is 1.66. The molecule has 1 fully saturated rings. The molecule has 3 aromatic rings. The number of nitrogens with zero attached hydrogens (tertiary/aromatic N) is 2. The van der Waals surface area contributed by atoms with Crippen molar-refractivity contribution in [3.63, 3.8) is 0 Å². The first kappa shape index (κ1) is 17.3. The maximum atomic E-state index is 12.7. The van der Waals surface area contributed by atoms with Crippen LogP contribution in [0.5, 0.6) is 5.75 Å². The second kappa shape index (κ2) is 7.63. The summed E-state index contributed by atoms with van der Waals surface area (Å²) in [6.07, 6.45) is 1.61. The first-order valence-electron chi connectivity index (χ1n) is 8.93. The molecule has 2 heterocycles. The first-order valence-corrected chi connectivity index (χ1v) is 8.93. The van der Waals surface area contributed by atoms with E-state index in [9.17, 15) is 4.79 Å². The van der Waals surface area contributed by atoms with Crippen LogP contribution in [0.4, 0.5) is 11.4 Å². The summed E-state index contributed by atoms with van der Waals surface area (Å²) >= 11 is 0. The molecule has 1 N–H and O–H groups in total. The number of hydrogen-bond acceptors (Lipinski definition) is 5. The van der Waals surface area contributed by atoms with Crippen molar-refractivity contribution in [2.75, 3.05) is 43.6 Å². The van der Waals surface area contributed by atoms with Crippen LogP contribution in [0.2, 0.25) is 0 Å². The Hall–Kier alpha value is -3.12. The predicted octanol–water partition coefficient (Wildman–Crippen LogP) is 3.33. The molecule has 138 valence electrons. The third-order valence-electron chi connectivity index (χ3n) is 4.70. The Balaban J connectivity index is 1.81. The van der Waals surface area contributed by atoms with Crippen molar-refractivity contribution in [3.05, 3.63) is 60.4 Å². The van der Waals surface area contributed by atoms with Gasteiger partial charge in [0.1, 0.15) is 11.4 Å². The smallest absolute Gasteiger partial charge is 0.274 e. The molecule has 0 spiro atoms. The minimum Gasteiger partial charge on any atom is -0.496 e. The number of hydrogen-bond donors (Lipinski definition) is 1. The van der Waals surface area contributed by atoms with Gasteiger partial charge >= 0.3 is 0 Å². The Bertz CT molecular complexity index is 954. The molecule has 1 aliphatic rings. The van der Waals surface area contributed by atoms with Crippen LogP contribution in [0.15, 0.2) is 54.7 Å². The number of nitrogens with one attached hydrogen (secondary N) is 1. The van der Waals surface area contributed by atoms with Crippen LogP contribution in [0.3, 0.4) is 0 Å². The van der Waals surface area contributed by atoms with Crippen molar-refractivity contribution < 1.29 is 14.3 Å². The average Bonchev–Trinajstić information content (AvgIpc) is 2.74. The zero-order valence-corrected chi connectivity index (χ0v) is 15.1. The van der Waals surface area contributed by atoms with Gasteiger partial charge in [-0.25, -0.2) is 0 Å². The average molecular weight is 363 g/mol. The Morgan fingerprint density at radius 3 is 2.70 bits per heavy atom. The molecular formula is C21H21N3O3. The van der Waals surface area contributed by atoms with Crippen molar-refractivity contribution in [1.29, 1.82) is 0 Å². The molecule has 0 saturated carbocycles. The first-order chi connectivity index (χ1) is 13.3. The van der Waals surface area contributed by atoms with Crippen LogP contribution in [0, 0.1) is 0 Å². The predicted molar refractivity (Wildman–Crippen MR) is 106 cm³/mol. The second-order valence-corrected chi connectivity index (χ2v) is 6.28. The number of morpholine rings is 1. The fourth-order valence-corrected chi connectivity index (χ4v) is 3.39. The summed E-state index contributed by atoms with van der Waals surface area (Å²) < 4.78 is 11.0. The third-order valence-corrected chi connectivity index (χ3v) is 4.70. The number of amides is 1. The molecule has 2 aromatic carbocycles.